The van der Waals surface area contributed by atoms with Gasteiger partial charge in [0.15, 0.2) is 5.75 Å². The zero-order chi connectivity index (χ0) is 20.1. The van der Waals surface area contributed by atoms with E-state index < -0.39 is 0 Å². The van der Waals surface area contributed by atoms with Crippen LogP contribution in [0.5, 0.6) is 5.75 Å². The fraction of sp³-hybridized carbons (Fsp3) is 0.217. The Morgan fingerprint density at radius 2 is 1.59 bits per heavy atom. The number of pyridine rings is 1. The van der Waals surface area contributed by atoms with Gasteiger partial charge >= 0.3 is 0 Å². The lowest BCUT2D eigenvalue weighted by Crippen LogP contribution is -2.49. The van der Waals surface area contributed by atoms with Crippen molar-refractivity contribution in [3.63, 3.8) is 0 Å². The number of aromatic amines is 1. The van der Waals surface area contributed by atoms with Gasteiger partial charge in [0.2, 0.25) is 5.43 Å². The number of amides is 1. The minimum atomic E-state index is -0.300. The van der Waals surface area contributed by atoms with Crippen molar-refractivity contribution in [3.8, 4) is 5.75 Å². The summed E-state index contributed by atoms with van der Waals surface area (Å²) >= 11 is 0. The number of anilines is 1. The number of carbonyl (C=O) groups excluding carboxylic acids is 1. The van der Waals surface area contributed by atoms with Gasteiger partial charge in [-0.25, -0.2) is 0 Å². The first-order valence-electron chi connectivity index (χ1n) is 9.69. The molecule has 0 spiro atoms. The van der Waals surface area contributed by atoms with Crippen molar-refractivity contribution in [2.24, 2.45) is 0 Å². The Morgan fingerprint density at radius 3 is 2.24 bits per heavy atom. The number of nitrogens with one attached hydrogen (secondary N) is 1. The van der Waals surface area contributed by atoms with Crippen molar-refractivity contribution in [1.29, 1.82) is 0 Å². The third-order valence-corrected chi connectivity index (χ3v) is 5.03. The van der Waals surface area contributed by atoms with Crippen LogP contribution in [0.2, 0.25) is 0 Å². The Kier molecular flexibility index (Phi) is 5.61. The lowest BCUT2D eigenvalue weighted by Gasteiger charge is -2.36. The SMILES string of the molecule is O=C(c1cc(=O)c(OCc2ccccc2)c[nH]1)N1CCN(c2ccccc2)CC1. The average molecular weight is 389 g/mol. The zero-order valence-electron chi connectivity index (χ0n) is 16.1. The van der Waals surface area contributed by atoms with E-state index in [9.17, 15) is 9.59 Å². The van der Waals surface area contributed by atoms with Crippen LogP contribution in [0.4, 0.5) is 5.69 Å². The highest BCUT2D eigenvalue weighted by molar-refractivity contribution is 5.92. The standard InChI is InChI=1S/C23H23N3O3/c27-21-15-20(24-16-22(21)29-17-18-7-3-1-4-8-18)23(28)26-13-11-25(12-14-26)19-9-5-2-6-10-19/h1-10,15-16H,11-14,17H2,(H,24,27). The summed E-state index contributed by atoms with van der Waals surface area (Å²) in [5.41, 5.74) is 2.12. The fourth-order valence-corrected chi connectivity index (χ4v) is 3.41. The van der Waals surface area contributed by atoms with Gasteiger partial charge in [-0.1, -0.05) is 48.5 Å². The molecule has 0 saturated carbocycles. The van der Waals surface area contributed by atoms with Gasteiger partial charge in [-0.05, 0) is 17.7 Å². The first-order valence-corrected chi connectivity index (χ1v) is 9.69. The van der Waals surface area contributed by atoms with Gasteiger partial charge in [0.1, 0.15) is 12.3 Å². The van der Waals surface area contributed by atoms with Gasteiger partial charge in [0.05, 0.1) is 0 Å². The summed E-state index contributed by atoms with van der Waals surface area (Å²) in [6.45, 7) is 3.05. The molecule has 29 heavy (non-hydrogen) atoms. The van der Waals surface area contributed by atoms with Gasteiger partial charge in [-0.2, -0.15) is 0 Å². The van der Waals surface area contributed by atoms with Crippen LogP contribution in [0.15, 0.2) is 77.7 Å². The van der Waals surface area contributed by atoms with Crippen molar-refractivity contribution < 1.29 is 9.53 Å². The van der Waals surface area contributed by atoms with Crippen molar-refractivity contribution in [1.82, 2.24) is 9.88 Å². The van der Waals surface area contributed by atoms with Crippen molar-refractivity contribution in [2.45, 2.75) is 6.61 Å². The first-order chi connectivity index (χ1) is 14.2. The maximum absolute atomic E-state index is 12.8. The molecule has 3 aromatic rings. The van der Waals surface area contributed by atoms with Crippen LogP contribution in [0.3, 0.4) is 0 Å². The van der Waals surface area contributed by atoms with E-state index in [2.05, 4.69) is 22.0 Å². The summed E-state index contributed by atoms with van der Waals surface area (Å²) < 4.78 is 5.59. The Hall–Kier alpha value is -3.54. The number of benzene rings is 2. The summed E-state index contributed by atoms with van der Waals surface area (Å²) in [6.07, 6.45) is 1.47. The van der Waals surface area contributed by atoms with E-state index in [1.165, 1.54) is 12.3 Å². The predicted molar refractivity (Wildman–Crippen MR) is 112 cm³/mol. The molecule has 6 nitrogen and oxygen atoms in total. The highest BCUT2D eigenvalue weighted by Gasteiger charge is 2.23. The maximum Gasteiger partial charge on any atom is 0.270 e. The highest BCUT2D eigenvalue weighted by Crippen LogP contribution is 2.16. The van der Waals surface area contributed by atoms with Crippen LogP contribution < -0.4 is 15.1 Å². The third-order valence-electron chi connectivity index (χ3n) is 5.03. The minimum absolute atomic E-state index is 0.163. The molecule has 2 heterocycles. The molecule has 0 atom stereocenters. The van der Waals surface area contributed by atoms with E-state index in [1.54, 1.807) is 4.90 Å². The summed E-state index contributed by atoms with van der Waals surface area (Å²) in [7, 11) is 0. The van der Waals surface area contributed by atoms with Crippen molar-refractivity contribution >= 4 is 11.6 Å². The molecule has 1 fully saturated rings. The number of rotatable bonds is 5. The van der Waals surface area contributed by atoms with E-state index in [1.807, 2.05) is 48.5 Å². The van der Waals surface area contributed by atoms with Gasteiger partial charge < -0.3 is 19.5 Å². The molecule has 0 unspecified atom stereocenters. The molecular weight excluding hydrogens is 366 g/mol. The smallest absolute Gasteiger partial charge is 0.270 e. The number of piperazine rings is 1. The second kappa shape index (κ2) is 8.65. The number of para-hydroxylation sites is 1. The largest absolute Gasteiger partial charge is 0.483 e. The molecule has 148 valence electrons. The van der Waals surface area contributed by atoms with Crippen molar-refractivity contribution in [2.75, 3.05) is 31.1 Å². The van der Waals surface area contributed by atoms with E-state index in [0.717, 1.165) is 24.3 Å². The molecule has 1 N–H and O–H groups in total. The molecule has 1 aliphatic heterocycles. The number of nitrogens with zero attached hydrogens (tertiary/aromatic N) is 2. The van der Waals surface area contributed by atoms with E-state index in [4.69, 9.17) is 4.74 Å². The normalized spacial score (nSPS) is 13.9. The minimum Gasteiger partial charge on any atom is -0.483 e. The number of ether oxygens (including phenoxy) is 1. The van der Waals surface area contributed by atoms with Gasteiger partial charge in [0, 0.05) is 44.1 Å². The molecule has 1 amide bonds. The summed E-state index contributed by atoms with van der Waals surface area (Å²) in [6, 6.07) is 21.1. The lowest BCUT2D eigenvalue weighted by atomic mass is 10.2. The maximum atomic E-state index is 12.8. The lowest BCUT2D eigenvalue weighted by molar-refractivity contribution is 0.0740. The van der Waals surface area contributed by atoms with Crippen LogP contribution in [0, 0.1) is 0 Å². The quantitative estimate of drug-likeness (QED) is 0.729. The second-order valence-electron chi connectivity index (χ2n) is 6.96. The first kappa shape index (κ1) is 18.8. The Morgan fingerprint density at radius 1 is 0.931 bits per heavy atom. The second-order valence-corrected chi connectivity index (χ2v) is 6.96. The van der Waals surface area contributed by atoms with E-state index >= 15 is 0 Å². The number of hydrogen-bond donors (Lipinski definition) is 1. The van der Waals surface area contributed by atoms with Crippen LogP contribution >= 0.6 is 0 Å². The molecule has 0 bridgehead atoms. The molecular formula is C23H23N3O3. The molecule has 1 aliphatic rings. The summed E-state index contributed by atoms with van der Waals surface area (Å²) in [4.78, 5) is 32.1. The molecule has 1 aromatic heterocycles. The van der Waals surface area contributed by atoms with E-state index in [-0.39, 0.29) is 22.8 Å². The number of H-pyrrole nitrogens is 1. The topological polar surface area (TPSA) is 65.6 Å². The third kappa shape index (κ3) is 4.48. The molecule has 2 aromatic carbocycles. The number of aromatic nitrogens is 1. The van der Waals surface area contributed by atoms with Gasteiger partial charge in [0.25, 0.3) is 5.91 Å². The fourth-order valence-electron chi connectivity index (χ4n) is 3.41. The Bertz CT molecular complexity index is 1010. The summed E-state index contributed by atoms with van der Waals surface area (Å²) in [5.74, 6) is 0.0451. The van der Waals surface area contributed by atoms with Crippen molar-refractivity contribution in [3.05, 3.63) is 94.4 Å². The predicted octanol–water partition coefficient (Wildman–Crippen LogP) is 2.92. The van der Waals surface area contributed by atoms with Crippen LogP contribution in [0.1, 0.15) is 16.1 Å². The Labute approximate surface area is 169 Å². The molecule has 0 radical (unpaired) electrons. The molecule has 6 heteroatoms. The van der Waals surface area contributed by atoms with Crippen LogP contribution in [-0.4, -0.2) is 42.0 Å². The molecule has 4 rings (SSSR count). The van der Waals surface area contributed by atoms with E-state index in [0.29, 0.717) is 19.7 Å². The monoisotopic (exact) mass is 389 g/mol. The highest BCUT2D eigenvalue weighted by atomic mass is 16.5. The number of hydrogen-bond acceptors (Lipinski definition) is 4. The summed E-state index contributed by atoms with van der Waals surface area (Å²) in [5, 5.41) is 0. The number of carbonyl (C=O) groups is 1. The molecule has 0 aliphatic carbocycles. The van der Waals surface area contributed by atoms with Gasteiger partial charge in [-0.3, -0.25) is 9.59 Å². The van der Waals surface area contributed by atoms with Crippen LogP contribution in [0.25, 0.3) is 0 Å². The van der Waals surface area contributed by atoms with Gasteiger partial charge in [-0.15, -0.1) is 0 Å². The Balaban J connectivity index is 1.37. The zero-order valence-corrected chi connectivity index (χ0v) is 16.1. The van der Waals surface area contributed by atoms with Crippen LogP contribution in [-0.2, 0) is 6.61 Å². The average Bonchev–Trinajstić information content (AvgIpc) is 2.79. The molecule has 1 saturated heterocycles.